The Balaban J connectivity index is 2.27. The van der Waals surface area contributed by atoms with Gasteiger partial charge in [0.15, 0.2) is 6.61 Å². The van der Waals surface area contributed by atoms with Crippen molar-refractivity contribution in [3.8, 4) is 0 Å². The highest BCUT2D eigenvalue weighted by molar-refractivity contribution is 5.80. The molecule has 1 atom stereocenters. The second-order valence-corrected chi connectivity index (χ2v) is 3.84. The number of ether oxygens (including phenoxy) is 1. The van der Waals surface area contributed by atoms with Crippen LogP contribution in [0.15, 0.2) is 6.33 Å². The predicted molar refractivity (Wildman–Crippen MR) is 63.3 cm³/mol. The minimum Gasteiger partial charge on any atom is -0.454 e. The van der Waals surface area contributed by atoms with Crippen LogP contribution in [-0.2, 0) is 20.9 Å². The number of nitrogen functional groups attached to an aromatic ring is 1. The summed E-state index contributed by atoms with van der Waals surface area (Å²) in [5, 5.41) is 6.40. The van der Waals surface area contributed by atoms with Crippen molar-refractivity contribution in [3.63, 3.8) is 0 Å². The highest BCUT2D eigenvalue weighted by Gasteiger charge is 2.10. The molecule has 1 aromatic heterocycles. The molecule has 0 aliphatic heterocycles. The van der Waals surface area contributed by atoms with Crippen LogP contribution in [0.25, 0.3) is 0 Å². The second kappa shape index (κ2) is 6.58. The molecule has 0 aromatic carbocycles. The van der Waals surface area contributed by atoms with Crippen molar-refractivity contribution in [2.75, 3.05) is 12.3 Å². The minimum atomic E-state index is -0.570. The maximum Gasteiger partial charge on any atom is 0.328 e. The number of esters is 1. The van der Waals surface area contributed by atoms with E-state index < -0.39 is 5.97 Å². The van der Waals surface area contributed by atoms with Gasteiger partial charge in [0.05, 0.1) is 0 Å². The summed E-state index contributed by atoms with van der Waals surface area (Å²) < 4.78 is 6.02. The maximum absolute atomic E-state index is 11.3. The second-order valence-electron chi connectivity index (χ2n) is 3.84. The average molecular weight is 255 g/mol. The number of hydrogen-bond donors (Lipinski definition) is 2. The molecule has 100 valence electrons. The third kappa shape index (κ3) is 4.81. The van der Waals surface area contributed by atoms with E-state index in [2.05, 4.69) is 15.4 Å². The lowest BCUT2D eigenvalue weighted by Crippen LogP contribution is -2.35. The van der Waals surface area contributed by atoms with E-state index in [0.717, 1.165) is 6.42 Å². The Labute approximate surface area is 105 Å². The number of aromatic nitrogens is 3. The Bertz CT molecular complexity index is 417. The number of nitrogens with two attached hydrogens (primary N) is 1. The summed E-state index contributed by atoms with van der Waals surface area (Å²) in [5.74, 6) is -0.813. The smallest absolute Gasteiger partial charge is 0.328 e. The van der Waals surface area contributed by atoms with Gasteiger partial charge in [0.25, 0.3) is 5.91 Å². The summed E-state index contributed by atoms with van der Waals surface area (Å²) in [6, 6.07) is 0.0614. The number of rotatable bonds is 6. The third-order valence-electron chi connectivity index (χ3n) is 2.23. The van der Waals surface area contributed by atoms with E-state index in [4.69, 9.17) is 10.5 Å². The van der Waals surface area contributed by atoms with Crippen LogP contribution in [0.5, 0.6) is 0 Å². The van der Waals surface area contributed by atoms with Crippen molar-refractivity contribution in [2.45, 2.75) is 32.9 Å². The Kier molecular flexibility index (Phi) is 5.09. The first-order chi connectivity index (χ1) is 8.51. The first kappa shape index (κ1) is 13.9. The van der Waals surface area contributed by atoms with Crippen LogP contribution >= 0.6 is 0 Å². The summed E-state index contributed by atoms with van der Waals surface area (Å²) in [6.45, 7) is 3.40. The largest absolute Gasteiger partial charge is 0.454 e. The molecule has 0 aliphatic carbocycles. The molecule has 1 unspecified atom stereocenters. The van der Waals surface area contributed by atoms with Gasteiger partial charge in [-0.05, 0) is 13.3 Å². The van der Waals surface area contributed by atoms with Gasteiger partial charge >= 0.3 is 5.97 Å². The van der Waals surface area contributed by atoms with E-state index in [-0.39, 0.29) is 31.0 Å². The van der Waals surface area contributed by atoms with Crippen LogP contribution in [0.4, 0.5) is 5.95 Å². The molecular formula is C10H17N5O3. The molecule has 0 bridgehead atoms. The third-order valence-corrected chi connectivity index (χ3v) is 2.23. The van der Waals surface area contributed by atoms with Crippen LogP contribution < -0.4 is 11.1 Å². The van der Waals surface area contributed by atoms with Crippen molar-refractivity contribution in [1.82, 2.24) is 20.1 Å². The Morgan fingerprint density at radius 1 is 1.61 bits per heavy atom. The molecule has 3 N–H and O–H groups in total. The van der Waals surface area contributed by atoms with Gasteiger partial charge in [-0.1, -0.05) is 6.92 Å². The number of anilines is 1. The average Bonchev–Trinajstić information content (AvgIpc) is 2.72. The van der Waals surface area contributed by atoms with E-state index >= 15 is 0 Å². The highest BCUT2D eigenvalue weighted by atomic mass is 16.5. The number of nitrogens with zero attached hydrogens (tertiary/aromatic N) is 3. The van der Waals surface area contributed by atoms with E-state index in [9.17, 15) is 9.59 Å². The molecule has 0 spiro atoms. The summed E-state index contributed by atoms with van der Waals surface area (Å²) in [5.41, 5.74) is 5.29. The Morgan fingerprint density at radius 3 is 2.89 bits per heavy atom. The number of hydrogen-bond acceptors (Lipinski definition) is 6. The maximum atomic E-state index is 11.3. The lowest BCUT2D eigenvalue weighted by molar-refractivity contribution is -0.149. The number of carbonyl (C=O) groups is 2. The molecule has 1 heterocycles. The van der Waals surface area contributed by atoms with Crippen LogP contribution in [0.2, 0.25) is 0 Å². The van der Waals surface area contributed by atoms with Crippen LogP contribution in [0.3, 0.4) is 0 Å². The zero-order chi connectivity index (χ0) is 13.5. The zero-order valence-corrected chi connectivity index (χ0v) is 10.4. The lowest BCUT2D eigenvalue weighted by atomic mass is 10.2. The van der Waals surface area contributed by atoms with Crippen molar-refractivity contribution >= 4 is 17.8 Å². The van der Waals surface area contributed by atoms with Gasteiger partial charge in [-0.3, -0.25) is 9.59 Å². The monoisotopic (exact) mass is 255 g/mol. The normalized spacial score (nSPS) is 11.9. The quantitative estimate of drug-likeness (QED) is 0.651. The van der Waals surface area contributed by atoms with E-state index in [0.29, 0.717) is 0 Å². The van der Waals surface area contributed by atoms with Crippen molar-refractivity contribution in [3.05, 3.63) is 6.33 Å². The summed E-state index contributed by atoms with van der Waals surface area (Å²) in [7, 11) is 0. The van der Waals surface area contributed by atoms with E-state index in [1.54, 1.807) is 0 Å². The lowest BCUT2D eigenvalue weighted by Gasteiger charge is -2.11. The van der Waals surface area contributed by atoms with Gasteiger partial charge in [0.1, 0.15) is 12.9 Å². The highest BCUT2D eigenvalue weighted by Crippen LogP contribution is 1.92. The van der Waals surface area contributed by atoms with Gasteiger partial charge < -0.3 is 15.8 Å². The fraction of sp³-hybridized carbons (Fsp3) is 0.600. The number of carbonyl (C=O) groups excluding carboxylic acids is 2. The molecule has 8 heteroatoms. The standard InChI is InChI=1S/C10H17N5O3/c1-3-7(2)13-8(16)5-18-9(17)4-15-6-12-10(11)14-15/h6-7H,3-5H2,1-2H3,(H2,11,14)(H,13,16). The topological polar surface area (TPSA) is 112 Å². The summed E-state index contributed by atoms with van der Waals surface area (Å²) in [6.07, 6.45) is 2.13. The van der Waals surface area contributed by atoms with Gasteiger partial charge in [0, 0.05) is 6.04 Å². The molecule has 0 saturated carbocycles. The van der Waals surface area contributed by atoms with Gasteiger partial charge in [-0.25, -0.2) is 9.67 Å². The van der Waals surface area contributed by atoms with Gasteiger partial charge in [-0.2, -0.15) is 0 Å². The van der Waals surface area contributed by atoms with E-state index in [1.807, 2.05) is 13.8 Å². The number of nitrogens with one attached hydrogen (secondary N) is 1. The summed E-state index contributed by atoms with van der Waals surface area (Å²) in [4.78, 5) is 26.3. The first-order valence-corrected chi connectivity index (χ1v) is 5.61. The fourth-order valence-corrected chi connectivity index (χ4v) is 1.13. The number of amides is 1. The zero-order valence-electron chi connectivity index (χ0n) is 10.4. The first-order valence-electron chi connectivity index (χ1n) is 5.61. The van der Waals surface area contributed by atoms with Crippen molar-refractivity contribution in [2.24, 2.45) is 0 Å². The molecule has 0 saturated heterocycles. The van der Waals surface area contributed by atoms with Crippen LogP contribution in [0.1, 0.15) is 20.3 Å². The van der Waals surface area contributed by atoms with Crippen molar-refractivity contribution < 1.29 is 14.3 Å². The molecule has 0 fully saturated rings. The SMILES string of the molecule is CCC(C)NC(=O)COC(=O)Cn1cnc(N)n1. The van der Waals surface area contributed by atoms with Crippen LogP contribution in [-0.4, -0.2) is 39.3 Å². The molecule has 1 aromatic rings. The molecular weight excluding hydrogens is 238 g/mol. The fourth-order valence-electron chi connectivity index (χ4n) is 1.13. The Morgan fingerprint density at radius 2 is 2.33 bits per heavy atom. The molecule has 0 radical (unpaired) electrons. The minimum absolute atomic E-state index is 0.0614. The van der Waals surface area contributed by atoms with Crippen molar-refractivity contribution in [1.29, 1.82) is 0 Å². The molecule has 8 nitrogen and oxygen atoms in total. The van der Waals surface area contributed by atoms with Gasteiger partial charge in [0.2, 0.25) is 5.95 Å². The Hall–Kier alpha value is -2.12. The molecule has 1 rings (SSSR count). The molecule has 1 amide bonds. The van der Waals surface area contributed by atoms with Crippen LogP contribution in [0, 0.1) is 0 Å². The summed E-state index contributed by atoms with van der Waals surface area (Å²) >= 11 is 0. The van der Waals surface area contributed by atoms with E-state index in [1.165, 1.54) is 11.0 Å². The molecule has 18 heavy (non-hydrogen) atoms. The predicted octanol–water partition coefficient (Wildman–Crippen LogP) is -0.682. The molecule has 0 aliphatic rings. The van der Waals surface area contributed by atoms with Gasteiger partial charge in [-0.15, -0.1) is 5.10 Å².